The van der Waals surface area contributed by atoms with Gasteiger partial charge in [-0.15, -0.1) is 0 Å². The van der Waals surface area contributed by atoms with Gasteiger partial charge in [-0.05, 0) is 54.1 Å². The van der Waals surface area contributed by atoms with Gasteiger partial charge in [0.1, 0.15) is 17.6 Å². The van der Waals surface area contributed by atoms with Crippen molar-refractivity contribution < 1.29 is 23.7 Å². The number of anilines is 2. The Bertz CT molecular complexity index is 1810. The fourth-order valence-corrected chi connectivity index (χ4v) is 8.18. The van der Waals surface area contributed by atoms with Gasteiger partial charge in [0.2, 0.25) is 17.7 Å². The van der Waals surface area contributed by atoms with Crippen molar-refractivity contribution >= 4 is 73.8 Å². The summed E-state index contributed by atoms with van der Waals surface area (Å²) in [6.07, 6.45) is 0. The summed E-state index contributed by atoms with van der Waals surface area (Å²) >= 11 is 5.39. The Morgan fingerprint density at radius 3 is 2.29 bits per heavy atom. The molecule has 1 saturated heterocycles. The number of thiazole rings is 1. The van der Waals surface area contributed by atoms with E-state index in [9.17, 15) is 33.7 Å². The molecule has 0 bridgehead atoms. The van der Waals surface area contributed by atoms with Crippen LogP contribution in [0.15, 0.2) is 87.1 Å². The summed E-state index contributed by atoms with van der Waals surface area (Å²) in [6, 6.07) is 17.6. The molecular formula is C28H18BrFN4O6S2. The first-order valence-electron chi connectivity index (χ1n) is 12.5. The van der Waals surface area contributed by atoms with Crippen LogP contribution < -0.4 is 15.1 Å². The number of carbonyl (C=O) groups is 3. The van der Waals surface area contributed by atoms with Crippen LogP contribution in [0.5, 0.6) is 0 Å². The molecule has 1 fully saturated rings. The second-order valence-corrected chi connectivity index (χ2v) is 12.6. The highest BCUT2D eigenvalue weighted by atomic mass is 79.9. The summed E-state index contributed by atoms with van der Waals surface area (Å²) in [5.41, 5.74) is 1.10. The van der Waals surface area contributed by atoms with Gasteiger partial charge in [-0.2, -0.15) is 0 Å². The van der Waals surface area contributed by atoms with E-state index in [0.717, 1.165) is 32.5 Å². The number of amides is 3. The monoisotopic (exact) mass is 668 g/mol. The minimum absolute atomic E-state index is 0.178. The highest BCUT2D eigenvalue weighted by Crippen LogP contribution is 2.54. The number of thioether (sulfide) groups is 1. The number of rotatable bonds is 6. The van der Waals surface area contributed by atoms with E-state index in [4.69, 9.17) is 0 Å². The molecule has 10 nitrogen and oxygen atoms in total. The Labute approximate surface area is 253 Å². The average molecular weight is 670 g/mol. The van der Waals surface area contributed by atoms with E-state index in [1.807, 2.05) is 12.1 Å². The number of fused-ring (bicyclic) bond motifs is 2. The van der Waals surface area contributed by atoms with Crippen LogP contribution >= 0.6 is 39.0 Å². The van der Waals surface area contributed by atoms with E-state index in [-0.39, 0.29) is 17.9 Å². The Hall–Kier alpha value is -4.14. The Morgan fingerprint density at radius 2 is 1.64 bits per heavy atom. The average Bonchev–Trinajstić information content (AvgIpc) is 3.41. The maximum Gasteiger partial charge on any atom is 0.308 e. The highest BCUT2D eigenvalue weighted by Gasteiger charge is 2.56. The van der Waals surface area contributed by atoms with Crippen molar-refractivity contribution in [3.8, 4) is 0 Å². The van der Waals surface area contributed by atoms with Crippen LogP contribution in [0.3, 0.4) is 0 Å². The zero-order chi connectivity index (χ0) is 29.7. The molecule has 3 heterocycles. The number of aromatic nitrogens is 1. The summed E-state index contributed by atoms with van der Waals surface area (Å²) < 4.78 is 15.4. The van der Waals surface area contributed by atoms with Gasteiger partial charge < -0.3 is 5.32 Å². The first kappa shape index (κ1) is 28.0. The molecule has 4 aromatic rings. The molecule has 2 aliphatic rings. The fourth-order valence-electron chi connectivity index (χ4n) is 5.14. The molecule has 3 aromatic carbocycles. The van der Waals surface area contributed by atoms with Gasteiger partial charge in [0, 0.05) is 33.1 Å². The molecule has 0 saturated carbocycles. The van der Waals surface area contributed by atoms with Gasteiger partial charge in [-0.1, -0.05) is 51.2 Å². The first-order valence-corrected chi connectivity index (χ1v) is 14.9. The maximum atomic E-state index is 13.9. The van der Waals surface area contributed by atoms with Crippen molar-refractivity contribution in [2.24, 2.45) is 5.92 Å². The minimum atomic E-state index is -0.908. The Morgan fingerprint density at radius 1 is 0.976 bits per heavy atom. The molecule has 6 rings (SSSR count). The van der Waals surface area contributed by atoms with E-state index < -0.39 is 50.4 Å². The largest absolute Gasteiger partial charge is 0.325 e. The number of non-ortho nitro benzene ring substituents is 1. The molecule has 1 N–H and O–H groups in total. The van der Waals surface area contributed by atoms with Crippen LogP contribution in [0.25, 0.3) is 0 Å². The Kier molecular flexibility index (Phi) is 7.29. The van der Waals surface area contributed by atoms with Gasteiger partial charge in [0.25, 0.3) is 5.69 Å². The van der Waals surface area contributed by atoms with Crippen LogP contribution in [-0.2, 0) is 20.9 Å². The maximum absolute atomic E-state index is 13.9. The Balaban J connectivity index is 1.39. The van der Waals surface area contributed by atoms with Crippen molar-refractivity contribution in [2.75, 3.05) is 10.2 Å². The van der Waals surface area contributed by atoms with Crippen molar-refractivity contribution in [3.05, 3.63) is 113 Å². The SMILES string of the molecule is O=C(Cn1c2c(sc1=O)[C@H](c1ccc(Br)cc1)C1C(=O)N(c3ccc([N+](=O)[O-])cc3)C(=O)C1S2)Nc1ccc(F)cc1. The molecule has 212 valence electrons. The molecular weight excluding hydrogens is 651 g/mol. The number of benzene rings is 3. The van der Waals surface area contributed by atoms with E-state index in [2.05, 4.69) is 21.2 Å². The van der Waals surface area contributed by atoms with Gasteiger partial charge in [0.05, 0.1) is 21.6 Å². The van der Waals surface area contributed by atoms with Crippen LogP contribution in [0.1, 0.15) is 16.4 Å². The van der Waals surface area contributed by atoms with Crippen LogP contribution in [0.2, 0.25) is 0 Å². The van der Waals surface area contributed by atoms with Gasteiger partial charge in [-0.3, -0.25) is 33.9 Å². The van der Waals surface area contributed by atoms with Crippen LogP contribution in [0.4, 0.5) is 21.5 Å². The number of nitro benzene ring substituents is 1. The number of nitro groups is 1. The molecule has 2 unspecified atom stereocenters. The normalized spacial score (nSPS) is 19.4. The number of nitrogens with zero attached hydrogens (tertiary/aromatic N) is 3. The number of imide groups is 1. The molecule has 1 aromatic heterocycles. The fraction of sp³-hybridized carbons (Fsp3) is 0.143. The zero-order valence-corrected chi connectivity index (χ0v) is 24.4. The summed E-state index contributed by atoms with van der Waals surface area (Å²) in [5, 5.41) is 13.3. The lowest BCUT2D eigenvalue weighted by atomic mass is 9.83. The lowest BCUT2D eigenvalue weighted by Crippen LogP contribution is -2.33. The number of hydrogen-bond donors (Lipinski definition) is 1. The van der Waals surface area contributed by atoms with Gasteiger partial charge in [0.15, 0.2) is 0 Å². The lowest BCUT2D eigenvalue weighted by Gasteiger charge is -2.30. The molecule has 3 atom stereocenters. The molecule has 0 radical (unpaired) electrons. The number of halogens is 2. The predicted octanol–water partition coefficient (Wildman–Crippen LogP) is 5.15. The first-order chi connectivity index (χ1) is 20.1. The third-order valence-corrected chi connectivity index (χ3v) is 10.2. The minimum Gasteiger partial charge on any atom is -0.325 e. The lowest BCUT2D eigenvalue weighted by molar-refractivity contribution is -0.384. The number of carbonyl (C=O) groups excluding carboxylic acids is 3. The van der Waals surface area contributed by atoms with Crippen molar-refractivity contribution in [2.45, 2.75) is 22.7 Å². The predicted molar refractivity (Wildman–Crippen MR) is 158 cm³/mol. The van der Waals surface area contributed by atoms with Crippen molar-refractivity contribution in [1.29, 1.82) is 0 Å². The second kappa shape index (κ2) is 10.9. The third kappa shape index (κ3) is 4.95. The second-order valence-electron chi connectivity index (χ2n) is 9.56. The standard InChI is InChI=1S/C28H18BrFN4O6S2/c29-15-3-1-14(2-4-15)21-22-23(26(37)33(25(22)36)18-9-11-19(12-10-18)34(39)40)41-27-24(21)42-28(38)32(27)13-20(35)31-17-7-5-16(30)6-8-17/h1-12,21-23H,13H2,(H,31,35)/t21-,22?,23?/m1/s1. The molecule has 14 heteroatoms. The van der Waals surface area contributed by atoms with Crippen molar-refractivity contribution in [1.82, 2.24) is 4.57 Å². The van der Waals surface area contributed by atoms with E-state index in [1.54, 1.807) is 12.1 Å². The topological polar surface area (TPSA) is 132 Å². The van der Waals surface area contributed by atoms with Gasteiger partial charge in [-0.25, -0.2) is 9.29 Å². The van der Waals surface area contributed by atoms with Gasteiger partial charge >= 0.3 is 4.87 Å². The van der Waals surface area contributed by atoms with E-state index in [0.29, 0.717) is 21.2 Å². The molecule has 3 amide bonds. The summed E-state index contributed by atoms with van der Waals surface area (Å²) in [7, 11) is 0. The quantitative estimate of drug-likeness (QED) is 0.171. The number of nitrogens with one attached hydrogen (secondary N) is 1. The van der Waals surface area contributed by atoms with E-state index >= 15 is 0 Å². The van der Waals surface area contributed by atoms with Crippen LogP contribution in [-0.4, -0.2) is 32.5 Å². The summed E-state index contributed by atoms with van der Waals surface area (Å²) in [6.45, 7) is -0.353. The molecule has 2 aliphatic heterocycles. The third-order valence-electron chi connectivity index (χ3n) is 7.03. The molecule has 42 heavy (non-hydrogen) atoms. The smallest absolute Gasteiger partial charge is 0.308 e. The highest BCUT2D eigenvalue weighted by molar-refractivity contribution is 9.10. The van der Waals surface area contributed by atoms with Crippen LogP contribution in [0, 0.1) is 21.8 Å². The van der Waals surface area contributed by atoms with E-state index in [1.165, 1.54) is 53.1 Å². The van der Waals surface area contributed by atoms with Crippen molar-refractivity contribution in [3.63, 3.8) is 0 Å². The summed E-state index contributed by atoms with van der Waals surface area (Å²) in [5.74, 6) is -3.49. The zero-order valence-electron chi connectivity index (χ0n) is 21.2. The molecule has 0 aliphatic carbocycles. The number of hydrogen-bond acceptors (Lipinski definition) is 8. The summed E-state index contributed by atoms with van der Waals surface area (Å²) in [4.78, 5) is 65.5. The molecule has 0 spiro atoms.